The highest BCUT2D eigenvalue weighted by molar-refractivity contribution is 5.94. The van der Waals surface area contributed by atoms with Crippen LogP contribution in [0.15, 0.2) is 255 Å². The number of pyridine rings is 1. The molecular formula is C66H58N6. The summed E-state index contributed by atoms with van der Waals surface area (Å²) >= 11 is 0. The zero-order chi connectivity index (χ0) is 48.3. The van der Waals surface area contributed by atoms with Gasteiger partial charge in [0.15, 0.2) is 5.65 Å². The maximum atomic E-state index is 5.77. The summed E-state index contributed by atoms with van der Waals surface area (Å²) in [7, 11) is 0. The number of benzene rings is 8. The van der Waals surface area contributed by atoms with E-state index in [1.165, 1.54) is 44.1 Å². The Morgan fingerprint density at radius 3 is 1.33 bits per heavy atom. The molecule has 3 aliphatic rings. The lowest BCUT2D eigenvalue weighted by Crippen LogP contribution is -2.56. The summed E-state index contributed by atoms with van der Waals surface area (Å²) in [6, 6.07) is 88.6. The summed E-state index contributed by atoms with van der Waals surface area (Å²) in [4.78, 5) is 5.77. The van der Waals surface area contributed by atoms with E-state index < -0.39 is 11.1 Å². The van der Waals surface area contributed by atoms with Crippen LogP contribution in [0, 0.1) is 0 Å². The average Bonchev–Trinajstić information content (AvgIpc) is 3.90. The van der Waals surface area contributed by atoms with Crippen molar-refractivity contribution in [2.24, 2.45) is 0 Å². The highest BCUT2D eigenvalue weighted by Gasteiger charge is 2.49. The van der Waals surface area contributed by atoms with Crippen LogP contribution < -0.4 is 10.6 Å². The van der Waals surface area contributed by atoms with Crippen LogP contribution in [0.4, 0.5) is 5.82 Å². The quantitative estimate of drug-likeness (QED) is 0.100. The molecule has 3 fully saturated rings. The van der Waals surface area contributed by atoms with Gasteiger partial charge in [0.2, 0.25) is 0 Å². The zero-order valence-electron chi connectivity index (χ0n) is 40.5. The van der Waals surface area contributed by atoms with E-state index in [0.29, 0.717) is 23.5 Å². The van der Waals surface area contributed by atoms with Crippen molar-refractivity contribution in [1.82, 2.24) is 25.3 Å². The maximum absolute atomic E-state index is 5.77. The first-order chi connectivity index (χ1) is 35.6. The van der Waals surface area contributed by atoms with Crippen LogP contribution in [0.25, 0.3) is 16.7 Å². The van der Waals surface area contributed by atoms with Crippen LogP contribution in [0.3, 0.4) is 0 Å². The molecule has 10 aromatic rings. The molecular weight excluding hydrogens is 877 g/mol. The second-order valence-electron chi connectivity index (χ2n) is 19.8. The third kappa shape index (κ3) is 7.93. The number of anilines is 1. The fraction of sp³-hybridized carbons (Fsp3) is 0.167. The van der Waals surface area contributed by atoms with Gasteiger partial charge in [-0.2, -0.15) is 0 Å². The second-order valence-corrected chi connectivity index (χ2v) is 19.8. The smallest absolute Gasteiger partial charge is 0.182 e. The van der Waals surface area contributed by atoms with Gasteiger partial charge in [-0.1, -0.05) is 254 Å². The third-order valence-electron chi connectivity index (χ3n) is 16.0. The van der Waals surface area contributed by atoms with Gasteiger partial charge in [-0.25, -0.2) is 9.67 Å². The number of hydrogen-bond acceptors (Lipinski definition) is 5. The second kappa shape index (κ2) is 19.2. The minimum atomic E-state index is -0.967. The van der Waals surface area contributed by atoms with Gasteiger partial charge in [0.25, 0.3) is 0 Å². The number of aromatic nitrogens is 4. The predicted octanol–water partition coefficient (Wildman–Crippen LogP) is 14.1. The number of hydrogen-bond donors (Lipinski definition) is 2. The van der Waals surface area contributed by atoms with Crippen LogP contribution in [-0.4, -0.2) is 32.1 Å². The molecule has 2 N–H and O–H groups in total. The van der Waals surface area contributed by atoms with E-state index in [-0.39, 0.29) is 11.0 Å². The molecule has 13 rings (SSSR count). The van der Waals surface area contributed by atoms with Crippen molar-refractivity contribution in [3.8, 4) is 0 Å². The van der Waals surface area contributed by atoms with Crippen molar-refractivity contribution in [3.05, 3.63) is 305 Å². The molecule has 0 saturated heterocycles. The van der Waals surface area contributed by atoms with Crippen LogP contribution >= 0.6 is 0 Å². The highest BCUT2D eigenvalue weighted by Crippen LogP contribution is 2.54. The van der Waals surface area contributed by atoms with Crippen LogP contribution in [0.2, 0.25) is 0 Å². The third-order valence-corrected chi connectivity index (χ3v) is 16.0. The first-order valence-electron chi connectivity index (χ1n) is 25.6. The molecule has 3 aliphatic carbocycles. The molecule has 2 heterocycles. The first-order valence-corrected chi connectivity index (χ1v) is 25.6. The zero-order valence-corrected chi connectivity index (χ0v) is 40.5. The summed E-state index contributed by atoms with van der Waals surface area (Å²) < 4.78 is 2.08. The summed E-state index contributed by atoms with van der Waals surface area (Å²) in [6.45, 7) is 0.702. The number of nitrogens with one attached hydrogen (secondary N) is 2. The van der Waals surface area contributed by atoms with Gasteiger partial charge in [-0.15, -0.1) is 5.10 Å². The lowest BCUT2D eigenvalue weighted by atomic mass is 9.55. The van der Waals surface area contributed by atoms with Crippen LogP contribution in [0.1, 0.15) is 88.6 Å². The lowest BCUT2D eigenvalue weighted by molar-refractivity contribution is 0.0802. The van der Waals surface area contributed by atoms with Gasteiger partial charge in [0.1, 0.15) is 22.4 Å². The number of rotatable bonds is 15. The SMILES string of the molecule is C(CNC12CCC(c3ccccc3)(CC1)CC2)=C(c1ccccc1)c1cc(NC(c2ccccc2)(c2ccccc2)c2ccccc2)nc2c1nnn2C(c1ccccc1)(c1ccccc1)c1ccccc1. The van der Waals surface area contributed by atoms with Crippen molar-refractivity contribution in [2.75, 3.05) is 11.9 Å². The molecule has 2 bridgehead atoms. The largest absolute Gasteiger partial charge is 0.353 e. The van der Waals surface area contributed by atoms with E-state index in [1.807, 2.05) is 0 Å². The van der Waals surface area contributed by atoms with E-state index >= 15 is 0 Å². The summed E-state index contributed by atoms with van der Waals surface area (Å²) in [5, 5.41) is 18.9. The van der Waals surface area contributed by atoms with Gasteiger partial charge in [-0.05, 0) is 100 Å². The number of nitrogens with zero attached hydrogens (tertiary/aromatic N) is 4. The first kappa shape index (κ1) is 45.0. The summed E-state index contributed by atoms with van der Waals surface area (Å²) in [5.41, 5.74) is 10.9. The van der Waals surface area contributed by atoms with Crippen molar-refractivity contribution in [2.45, 2.75) is 60.6 Å². The van der Waals surface area contributed by atoms with E-state index in [0.717, 1.165) is 50.1 Å². The number of fused-ring (bicyclic) bond motifs is 4. The van der Waals surface area contributed by atoms with Gasteiger partial charge in [0.05, 0.1) is 0 Å². The van der Waals surface area contributed by atoms with E-state index in [4.69, 9.17) is 15.3 Å². The molecule has 352 valence electrons. The Hall–Kier alpha value is -8.19. The molecule has 0 atom stereocenters. The van der Waals surface area contributed by atoms with E-state index in [2.05, 4.69) is 270 Å². The molecule has 0 spiro atoms. The Bertz CT molecular complexity index is 3200. The van der Waals surface area contributed by atoms with E-state index in [9.17, 15) is 0 Å². The average molecular weight is 935 g/mol. The fourth-order valence-corrected chi connectivity index (χ4v) is 12.3. The minimum absolute atomic E-state index is 0.0968. The highest BCUT2D eigenvalue weighted by atomic mass is 15.5. The van der Waals surface area contributed by atoms with Crippen molar-refractivity contribution >= 4 is 22.6 Å². The van der Waals surface area contributed by atoms with E-state index in [1.54, 1.807) is 0 Å². The minimum Gasteiger partial charge on any atom is -0.353 e. The van der Waals surface area contributed by atoms with Gasteiger partial charge >= 0.3 is 0 Å². The molecule has 72 heavy (non-hydrogen) atoms. The molecule has 2 aromatic heterocycles. The Morgan fingerprint density at radius 1 is 0.486 bits per heavy atom. The predicted molar refractivity (Wildman–Crippen MR) is 293 cm³/mol. The molecule has 0 aliphatic heterocycles. The van der Waals surface area contributed by atoms with Crippen molar-refractivity contribution in [3.63, 3.8) is 0 Å². The normalized spacial score (nSPS) is 18.0. The Morgan fingerprint density at radius 2 is 0.889 bits per heavy atom. The summed E-state index contributed by atoms with van der Waals surface area (Å²) in [5.74, 6) is 0.686. The topological polar surface area (TPSA) is 67.7 Å². The van der Waals surface area contributed by atoms with Crippen molar-refractivity contribution < 1.29 is 0 Å². The molecule has 6 heteroatoms. The van der Waals surface area contributed by atoms with Gasteiger partial charge in [-0.3, -0.25) is 0 Å². The standard InChI is InChI=1S/C66H58N6/c1-9-25-50(26-10-1)58(41-48-67-64-45-42-63(43-46-64,44-47-64)51-27-11-2-12-28-51)59-49-60(69-65(52-29-13-3-14-30-52,53-31-15-4-16-32-53)54-33-17-5-18-34-54)68-62-61(59)70-71-72(62)66(55-35-19-6-20-36-55,56-37-21-7-22-38-56)57-39-23-8-24-40-57/h1-41,49,67H,42-48H2,(H,68,69). The lowest BCUT2D eigenvalue weighted by Gasteiger charge is -2.54. The van der Waals surface area contributed by atoms with Crippen LogP contribution in [-0.2, 0) is 16.5 Å². The Balaban J connectivity index is 1.09. The van der Waals surface area contributed by atoms with Crippen LogP contribution in [0.5, 0.6) is 0 Å². The summed E-state index contributed by atoms with van der Waals surface area (Å²) in [6.07, 6.45) is 9.52. The molecule has 0 unspecified atom stereocenters. The Labute approximate surface area is 423 Å². The van der Waals surface area contributed by atoms with Gasteiger partial charge in [0, 0.05) is 17.6 Å². The van der Waals surface area contributed by atoms with Crippen molar-refractivity contribution in [1.29, 1.82) is 0 Å². The maximum Gasteiger partial charge on any atom is 0.182 e. The molecule has 8 aromatic carbocycles. The molecule has 0 radical (unpaired) electrons. The van der Waals surface area contributed by atoms with Gasteiger partial charge < -0.3 is 10.6 Å². The Kier molecular flexibility index (Phi) is 12.0. The molecule has 0 amide bonds. The fourth-order valence-electron chi connectivity index (χ4n) is 12.3. The molecule has 3 saturated carbocycles. The molecule has 6 nitrogen and oxygen atoms in total. The monoisotopic (exact) mass is 934 g/mol.